The van der Waals surface area contributed by atoms with E-state index in [9.17, 15) is 4.39 Å². The summed E-state index contributed by atoms with van der Waals surface area (Å²) in [4.78, 5) is 4.52. The van der Waals surface area contributed by atoms with Crippen LogP contribution in [-0.4, -0.2) is 4.98 Å². The first kappa shape index (κ1) is 11.7. The van der Waals surface area contributed by atoms with Crippen molar-refractivity contribution in [3.63, 3.8) is 0 Å². The fourth-order valence-corrected chi connectivity index (χ4v) is 1.96. The maximum Gasteiger partial charge on any atom is 0.126 e. The van der Waals surface area contributed by atoms with E-state index in [1.807, 2.05) is 36.4 Å². The lowest BCUT2D eigenvalue weighted by molar-refractivity contribution is 0.627. The van der Waals surface area contributed by atoms with Crippen molar-refractivity contribution in [3.8, 4) is 0 Å². The smallest absolute Gasteiger partial charge is 0.126 e. The summed E-state index contributed by atoms with van der Waals surface area (Å²) in [5, 5.41) is 4.36. The third kappa shape index (κ3) is 2.71. The predicted octanol–water partition coefficient (Wildman–Crippen LogP) is 3.99. The summed E-state index contributed by atoms with van der Waals surface area (Å²) in [5.74, 6) is 0.607. The number of rotatable bonds is 3. The molecule has 94 valence electrons. The van der Waals surface area contributed by atoms with Crippen LogP contribution in [0, 0.1) is 5.82 Å². The van der Waals surface area contributed by atoms with Crippen molar-refractivity contribution in [1.82, 2.24) is 4.98 Å². The Kier molecular flexibility index (Phi) is 3.11. The van der Waals surface area contributed by atoms with E-state index in [0.29, 0.717) is 6.54 Å². The molecular formula is C16H13FN2. The Labute approximate surface area is 110 Å². The van der Waals surface area contributed by atoms with E-state index >= 15 is 0 Å². The zero-order valence-electron chi connectivity index (χ0n) is 10.3. The molecule has 0 atom stereocenters. The van der Waals surface area contributed by atoms with Gasteiger partial charge in [0.05, 0.1) is 5.52 Å². The van der Waals surface area contributed by atoms with Crippen molar-refractivity contribution >= 4 is 16.7 Å². The van der Waals surface area contributed by atoms with Crippen molar-refractivity contribution in [1.29, 1.82) is 0 Å². The number of anilines is 1. The first-order valence-corrected chi connectivity index (χ1v) is 6.15. The maximum atomic E-state index is 12.8. The van der Waals surface area contributed by atoms with Gasteiger partial charge in [0.1, 0.15) is 11.6 Å². The van der Waals surface area contributed by atoms with Gasteiger partial charge in [-0.3, -0.25) is 0 Å². The van der Waals surface area contributed by atoms with Crippen molar-refractivity contribution < 1.29 is 4.39 Å². The van der Waals surface area contributed by atoms with Crippen molar-refractivity contribution in [2.24, 2.45) is 0 Å². The van der Waals surface area contributed by atoms with Gasteiger partial charge >= 0.3 is 0 Å². The Morgan fingerprint density at radius 1 is 0.895 bits per heavy atom. The van der Waals surface area contributed by atoms with Crippen LogP contribution in [0.4, 0.5) is 10.2 Å². The highest BCUT2D eigenvalue weighted by atomic mass is 19.1. The molecule has 0 saturated carbocycles. The third-order valence-electron chi connectivity index (χ3n) is 2.99. The third-order valence-corrected chi connectivity index (χ3v) is 2.99. The second-order valence-electron chi connectivity index (χ2n) is 4.37. The quantitative estimate of drug-likeness (QED) is 0.762. The van der Waals surface area contributed by atoms with Gasteiger partial charge < -0.3 is 5.32 Å². The molecule has 3 aromatic rings. The fraction of sp³-hybridized carbons (Fsp3) is 0.0625. The van der Waals surface area contributed by atoms with E-state index < -0.39 is 0 Å². The zero-order valence-corrected chi connectivity index (χ0v) is 10.3. The van der Waals surface area contributed by atoms with E-state index in [0.717, 1.165) is 22.3 Å². The van der Waals surface area contributed by atoms with Gasteiger partial charge in [0, 0.05) is 11.9 Å². The molecule has 0 spiro atoms. The van der Waals surface area contributed by atoms with E-state index in [1.165, 1.54) is 12.1 Å². The zero-order chi connectivity index (χ0) is 13.1. The lowest BCUT2D eigenvalue weighted by atomic mass is 10.2. The van der Waals surface area contributed by atoms with Crippen LogP contribution in [0.1, 0.15) is 5.56 Å². The molecule has 0 aliphatic rings. The molecule has 0 saturated heterocycles. The SMILES string of the molecule is Fc1ccc(CNc2ccc3ccccc3n2)cc1. The average Bonchev–Trinajstić information content (AvgIpc) is 2.46. The Bertz CT molecular complexity index is 692. The molecule has 3 heteroatoms. The van der Waals surface area contributed by atoms with Gasteiger partial charge in [-0.25, -0.2) is 9.37 Å². The standard InChI is InChI=1S/C16H13FN2/c17-14-8-5-12(6-9-14)11-18-16-10-7-13-3-1-2-4-15(13)19-16/h1-10H,11H2,(H,18,19). The lowest BCUT2D eigenvalue weighted by Crippen LogP contribution is -2.01. The number of halogens is 1. The number of nitrogens with zero attached hydrogens (tertiary/aromatic N) is 1. The summed E-state index contributed by atoms with van der Waals surface area (Å²) in [6.07, 6.45) is 0. The molecule has 19 heavy (non-hydrogen) atoms. The van der Waals surface area contributed by atoms with Gasteiger partial charge in [0.15, 0.2) is 0 Å². The van der Waals surface area contributed by atoms with Crippen LogP contribution in [0.15, 0.2) is 60.7 Å². The average molecular weight is 252 g/mol. The number of aromatic nitrogens is 1. The van der Waals surface area contributed by atoms with Gasteiger partial charge in [-0.2, -0.15) is 0 Å². The van der Waals surface area contributed by atoms with Crippen LogP contribution in [0.5, 0.6) is 0 Å². The highest BCUT2D eigenvalue weighted by molar-refractivity contribution is 5.80. The van der Waals surface area contributed by atoms with Crippen LogP contribution in [-0.2, 0) is 6.54 Å². The molecule has 0 bridgehead atoms. The fourth-order valence-electron chi connectivity index (χ4n) is 1.96. The maximum absolute atomic E-state index is 12.8. The molecule has 1 N–H and O–H groups in total. The number of hydrogen-bond acceptors (Lipinski definition) is 2. The van der Waals surface area contributed by atoms with Gasteiger partial charge in [0.25, 0.3) is 0 Å². The molecule has 0 aliphatic carbocycles. The van der Waals surface area contributed by atoms with Crippen LogP contribution in [0.2, 0.25) is 0 Å². The minimum Gasteiger partial charge on any atom is -0.366 e. The number of para-hydroxylation sites is 1. The predicted molar refractivity (Wildman–Crippen MR) is 75.5 cm³/mol. The molecule has 1 heterocycles. The van der Waals surface area contributed by atoms with Crippen LogP contribution >= 0.6 is 0 Å². The van der Waals surface area contributed by atoms with Gasteiger partial charge in [-0.15, -0.1) is 0 Å². The summed E-state index contributed by atoms with van der Waals surface area (Å²) < 4.78 is 12.8. The number of benzene rings is 2. The molecule has 3 rings (SSSR count). The monoisotopic (exact) mass is 252 g/mol. The Hall–Kier alpha value is -2.42. The van der Waals surface area contributed by atoms with Gasteiger partial charge in [0.2, 0.25) is 0 Å². The molecule has 0 aliphatic heterocycles. The van der Waals surface area contributed by atoms with E-state index in [-0.39, 0.29) is 5.82 Å². The molecule has 2 nitrogen and oxygen atoms in total. The number of hydrogen-bond donors (Lipinski definition) is 1. The second kappa shape index (κ2) is 5.06. The first-order chi connectivity index (χ1) is 9.31. The number of fused-ring (bicyclic) bond motifs is 1. The van der Waals surface area contributed by atoms with Crippen molar-refractivity contribution in [2.45, 2.75) is 6.54 Å². The number of nitrogens with one attached hydrogen (secondary N) is 1. The Morgan fingerprint density at radius 2 is 1.68 bits per heavy atom. The Balaban J connectivity index is 1.76. The van der Waals surface area contributed by atoms with E-state index in [1.54, 1.807) is 12.1 Å². The minimum absolute atomic E-state index is 0.215. The van der Waals surface area contributed by atoms with Crippen molar-refractivity contribution in [2.75, 3.05) is 5.32 Å². The molecule has 0 fully saturated rings. The van der Waals surface area contributed by atoms with Crippen molar-refractivity contribution in [3.05, 3.63) is 72.0 Å². The molecule has 0 amide bonds. The second-order valence-corrected chi connectivity index (χ2v) is 4.37. The topological polar surface area (TPSA) is 24.9 Å². The largest absolute Gasteiger partial charge is 0.366 e. The van der Waals surface area contributed by atoms with E-state index in [2.05, 4.69) is 10.3 Å². The van der Waals surface area contributed by atoms with Gasteiger partial charge in [-0.05, 0) is 35.9 Å². The molecule has 2 aromatic carbocycles. The van der Waals surface area contributed by atoms with Crippen LogP contribution in [0.3, 0.4) is 0 Å². The highest BCUT2D eigenvalue weighted by Crippen LogP contribution is 2.15. The Morgan fingerprint density at radius 3 is 2.53 bits per heavy atom. The molecule has 1 aromatic heterocycles. The lowest BCUT2D eigenvalue weighted by Gasteiger charge is -2.06. The summed E-state index contributed by atoms with van der Waals surface area (Å²) >= 11 is 0. The van der Waals surface area contributed by atoms with E-state index in [4.69, 9.17) is 0 Å². The summed E-state index contributed by atoms with van der Waals surface area (Å²) in [6, 6.07) is 18.4. The van der Waals surface area contributed by atoms with Gasteiger partial charge in [-0.1, -0.05) is 30.3 Å². The van der Waals surface area contributed by atoms with Crippen LogP contribution < -0.4 is 5.32 Å². The minimum atomic E-state index is -0.215. The summed E-state index contributed by atoms with van der Waals surface area (Å²) in [7, 11) is 0. The first-order valence-electron chi connectivity index (χ1n) is 6.15. The normalized spacial score (nSPS) is 10.6. The molecular weight excluding hydrogens is 239 g/mol. The number of pyridine rings is 1. The molecule has 0 unspecified atom stereocenters. The summed E-state index contributed by atoms with van der Waals surface area (Å²) in [5.41, 5.74) is 1.99. The summed E-state index contributed by atoms with van der Waals surface area (Å²) in [6.45, 7) is 0.631. The molecule has 0 radical (unpaired) electrons. The van der Waals surface area contributed by atoms with Crippen LogP contribution in [0.25, 0.3) is 10.9 Å². The highest BCUT2D eigenvalue weighted by Gasteiger charge is 1.98.